The standard InChI is InChI=1S/C17H23N3O/c1-2-9-20(13-7-8-13)17(21)15(18)10-12-11-19-16-6-4-3-5-14(12)16/h3-6,11,13,15,19H,2,7-10,18H2,1H3/t15-/m1/s1. The van der Waals surface area contributed by atoms with Gasteiger partial charge in [0.1, 0.15) is 0 Å². The van der Waals surface area contributed by atoms with Crippen molar-refractivity contribution in [2.24, 2.45) is 5.73 Å². The molecule has 1 aliphatic rings. The van der Waals surface area contributed by atoms with Crippen molar-refractivity contribution in [2.75, 3.05) is 6.54 Å². The second-order valence-electron chi connectivity index (χ2n) is 5.93. The zero-order chi connectivity index (χ0) is 14.8. The number of hydrogen-bond acceptors (Lipinski definition) is 2. The van der Waals surface area contributed by atoms with Gasteiger partial charge in [-0.15, -0.1) is 0 Å². The molecule has 1 fully saturated rings. The number of H-pyrrole nitrogens is 1. The van der Waals surface area contributed by atoms with Gasteiger partial charge in [0.15, 0.2) is 0 Å². The van der Waals surface area contributed by atoms with Gasteiger partial charge >= 0.3 is 0 Å². The molecular formula is C17H23N3O. The molecule has 4 heteroatoms. The van der Waals surface area contributed by atoms with E-state index in [0.29, 0.717) is 12.5 Å². The van der Waals surface area contributed by atoms with E-state index in [9.17, 15) is 4.79 Å². The molecule has 112 valence electrons. The fourth-order valence-corrected chi connectivity index (χ4v) is 2.94. The number of rotatable bonds is 6. The van der Waals surface area contributed by atoms with Crippen LogP contribution in [0.15, 0.2) is 30.5 Å². The summed E-state index contributed by atoms with van der Waals surface area (Å²) in [5, 5.41) is 1.16. The monoisotopic (exact) mass is 285 g/mol. The molecule has 0 bridgehead atoms. The van der Waals surface area contributed by atoms with Crippen LogP contribution in [0.2, 0.25) is 0 Å². The Morgan fingerprint density at radius 2 is 2.19 bits per heavy atom. The molecule has 0 aliphatic heterocycles. The maximum Gasteiger partial charge on any atom is 0.240 e. The van der Waals surface area contributed by atoms with Gasteiger partial charge in [-0.3, -0.25) is 4.79 Å². The van der Waals surface area contributed by atoms with Crippen LogP contribution in [0.25, 0.3) is 10.9 Å². The Morgan fingerprint density at radius 3 is 2.90 bits per heavy atom. The molecule has 0 radical (unpaired) electrons. The summed E-state index contributed by atoms with van der Waals surface area (Å²) in [7, 11) is 0. The molecule has 1 atom stereocenters. The Morgan fingerprint density at radius 1 is 1.43 bits per heavy atom. The number of amides is 1. The first kappa shape index (κ1) is 14.1. The SMILES string of the molecule is CCCN(C(=O)[C@H](N)Cc1c[nH]c2ccccc12)C1CC1. The van der Waals surface area contributed by atoms with E-state index in [4.69, 9.17) is 5.73 Å². The summed E-state index contributed by atoms with van der Waals surface area (Å²) >= 11 is 0. The lowest BCUT2D eigenvalue weighted by Gasteiger charge is -2.25. The van der Waals surface area contributed by atoms with E-state index >= 15 is 0 Å². The van der Waals surface area contributed by atoms with Gasteiger partial charge in [0, 0.05) is 29.7 Å². The van der Waals surface area contributed by atoms with Gasteiger partial charge in [0.25, 0.3) is 0 Å². The molecule has 2 aromatic rings. The summed E-state index contributed by atoms with van der Waals surface area (Å²) in [6, 6.07) is 8.12. The highest BCUT2D eigenvalue weighted by Gasteiger charge is 2.34. The van der Waals surface area contributed by atoms with Crippen molar-refractivity contribution in [3.05, 3.63) is 36.0 Å². The molecule has 0 unspecified atom stereocenters. The Hall–Kier alpha value is -1.81. The number of hydrogen-bond donors (Lipinski definition) is 2. The van der Waals surface area contributed by atoms with E-state index in [-0.39, 0.29) is 5.91 Å². The predicted molar refractivity (Wildman–Crippen MR) is 85.0 cm³/mol. The molecule has 4 nitrogen and oxygen atoms in total. The van der Waals surface area contributed by atoms with Crippen molar-refractivity contribution >= 4 is 16.8 Å². The number of carbonyl (C=O) groups excluding carboxylic acids is 1. The third kappa shape index (κ3) is 2.95. The molecule has 1 aliphatic carbocycles. The van der Waals surface area contributed by atoms with Gasteiger partial charge in [-0.2, -0.15) is 0 Å². The van der Waals surface area contributed by atoms with E-state index in [0.717, 1.165) is 42.3 Å². The molecule has 1 amide bonds. The molecule has 1 aromatic heterocycles. The lowest BCUT2D eigenvalue weighted by Crippen LogP contribution is -2.46. The Balaban J connectivity index is 1.73. The summed E-state index contributed by atoms with van der Waals surface area (Å²) < 4.78 is 0. The minimum Gasteiger partial charge on any atom is -0.361 e. The number of para-hydroxylation sites is 1. The van der Waals surface area contributed by atoms with Gasteiger partial charge in [0.05, 0.1) is 6.04 Å². The van der Waals surface area contributed by atoms with E-state index < -0.39 is 6.04 Å². The average molecular weight is 285 g/mol. The van der Waals surface area contributed by atoms with Crippen molar-refractivity contribution in [1.29, 1.82) is 0 Å². The predicted octanol–water partition coefficient (Wildman–Crippen LogP) is 2.44. The van der Waals surface area contributed by atoms with Gasteiger partial charge in [0.2, 0.25) is 5.91 Å². The number of fused-ring (bicyclic) bond motifs is 1. The summed E-state index contributed by atoms with van der Waals surface area (Å²) in [4.78, 5) is 17.8. The molecule has 1 aromatic carbocycles. The highest BCUT2D eigenvalue weighted by molar-refractivity contribution is 5.86. The summed E-state index contributed by atoms with van der Waals surface area (Å²) in [5.74, 6) is 0.102. The number of nitrogens with two attached hydrogens (primary N) is 1. The van der Waals surface area contributed by atoms with Gasteiger partial charge < -0.3 is 15.6 Å². The van der Waals surface area contributed by atoms with E-state index in [1.54, 1.807) is 0 Å². The van der Waals surface area contributed by atoms with Crippen LogP contribution < -0.4 is 5.73 Å². The maximum absolute atomic E-state index is 12.6. The second-order valence-corrected chi connectivity index (χ2v) is 5.93. The molecule has 3 rings (SSSR count). The van der Waals surface area contributed by atoms with E-state index in [1.165, 1.54) is 0 Å². The van der Waals surface area contributed by atoms with Crippen LogP contribution in [-0.2, 0) is 11.2 Å². The van der Waals surface area contributed by atoms with E-state index in [1.807, 2.05) is 29.3 Å². The van der Waals surface area contributed by atoms with Crippen molar-refractivity contribution in [2.45, 2.75) is 44.7 Å². The number of nitrogens with one attached hydrogen (secondary N) is 1. The average Bonchev–Trinajstić information content (AvgIpc) is 3.26. The molecule has 1 saturated carbocycles. The highest BCUT2D eigenvalue weighted by atomic mass is 16.2. The van der Waals surface area contributed by atoms with Gasteiger partial charge in [-0.1, -0.05) is 25.1 Å². The first-order valence-corrected chi connectivity index (χ1v) is 7.81. The lowest BCUT2D eigenvalue weighted by molar-refractivity contribution is -0.133. The number of carbonyl (C=O) groups is 1. The molecule has 3 N–H and O–H groups in total. The smallest absolute Gasteiger partial charge is 0.240 e. The van der Waals surface area contributed by atoms with Gasteiger partial charge in [-0.25, -0.2) is 0 Å². The van der Waals surface area contributed by atoms with Crippen LogP contribution in [0.3, 0.4) is 0 Å². The lowest BCUT2D eigenvalue weighted by atomic mass is 10.0. The number of benzene rings is 1. The molecule has 21 heavy (non-hydrogen) atoms. The quantitative estimate of drug-likeness (QED) is 0.856. The highest BCUT2D eigenvalue weighted by Crippen LogP contribution is 2.28. The number of aromatic amines is 1. The van der Waals surface area contributed by atoms with Crippen LogP contribution in [0.5, 0.6) is 0 Å². The van der Waals surface area contributed by atoms with Crippen LogP contribution in [0.4, 0.5) is 0 Å². The van der Waals surface area contributed by atoms with Crippen molar-refractivity contribution in [3.8, 4) is 0 Å². The minimum atomic E-state index is -0.448. The zero-order valence-electron chi connectivity index (χ0n) is 12.5. The first-order chi connectivity index (χ1) is 10.2. The van der Waals surface area contributed by atoms with Crippen molar-refractivity contribution in [1.82, 2.24) is 9.88 Å². The van der Waals surface area contributed by atoms with Crippen LogP contribution in [0.1, 0.15) is 31.7 Å². The van der Waals surface area contributed by atoms with E-state index in [2.05, 4.69) is 18.0 Å². The van der Waals surface area contributed by atoms with Gasteiger partial charge in [-0.05, 0) is 37.3 Å². The molecule has 0 saturated heterocycles. The Labute approximate surface area is 125 Å². The molecule has 0 spiro atoms. The maximum atomic E-state index is 12.6. The van der Waals surface area contributed by atoms with Crippen LogP contribution in [-0.4, -0.2) is 34.4 Å². The summed E-state index contributed by atoms with van der Waals surface area (Å²) in [6.45, 7) is 2.93. The normalized spacial score (nSPS) is 16.1. The number of aromatic nitrogens is 1. The van der Waals surface area contributed by atoms with Crippen molar-refractivity contribution < 1.29 is 4.79 Å². The third-order valence-electron chi connectivity index (χ3n) is 4.17. The third-order valence-corrected chi connectivity index (χ3v) is 4.17. The summed E-state index contributed by atoms with van der Waals surface area (Å²) in [6.07, 6.45) is 5.81. The molecular weight excluding hydrogens is 262 g/mol. The topological polar surface area (TPSA) is 62.1 Å². The fraction of sp³-hybridized carbons (Fsp3) is 0.471. The number of nitrogens with zero attached hydrogens (tertiary/aromatic N) is 1. The molecule has 1 heterocycles. The Bertz CT molecular complexity index is 630. The van der Waals surface area contributed by atoms with Crippen LogP contribution in [0, 0.1) is 0 Å². The van der Waals surface area contributed by atoms with Crippen molar-refractivity contribution in [3.63, 3.8) is 0 Å². The largest absolute Gasteiger partial charge is 0.361 e. The van der Waals surface area contributed by atoms with Crippen LogP contribution >= 0.6 is 0 Å². The zero-order valence-corrected chi connectivity index (χ0v) is 12.5. The minimum absolute atomic E-state index is 0.102. The first-order valence-electron chi connectivity index (χ1n) is 7.81. The second kappa shape index (κ2) is 5.90. The summed E-state index contributed by atoms with van der Waals surface area (Å²) in [5.41, 5.74) is 8.41. The Kier molecular flexibility index (Phi) is 3.97. The fourth-order valence-electron chi connectivity index (χ4n) is 2.94.